The molecule has 0 aromatic carbocycles. The SMILES string of the molecule is COC1CCN(CC(C)CO)C1. The van der Waals surface area contributed by atoms with Crippen LogP contribution in [-0.2, 0) is 4.74 Å². The number of rotatable bonds is 4. The second-order valence-electron chi connectivity index (χ2n) is 3.69. The number of aliphatic hydroxyl groups is 1. The molecule has 0 amide bonds. The summed E-state index contributed by atoms with van der Waals surface area (Å²) in [6, 6.07) is 0. The Kier molecular flexibility index (Phi) is 3.98. The van der Waals surface area contributed by atoms with Gasteiger partial charge in [0, 0.05) is 33.4 Å². The maximum atomic E-state index is 8.86. The van der Waals surface area contributed by atoms with Crippen LogP contribution in [0.2, 0.25) is 0 Å². The van der Waals surface area contributed by atoms with Crippen LogP contribution >= 0.6 is 0 Å². The number of likely N-dealkylation sites (tertiary alicyclic amines) is 1. The van der Waals surface area contributed by atoms with Gasteiger partial charge in [0.2, 0.25) is 0 Å². The fourth-order valence-electron chi connectivity index (χ4n) is 1.65. The predicted molar refractivity (Wildman–Crippen MR) is 48.1 cm³/mol. The van der Waals surface area contributed by atoms with E-state index in [4.69, 9.17) is 9.84 Å². The zero-order valence-electron chi connectivity index (χ0n) is 7.99. The van der Waals surface area contributed by atoms with E-state index in [1.54, 1.807) is 7.11 Å². The number of hydrogen-bond donors (Lipinski definition) is 1. The Balaban J connectivity index is 2.18. The highest BCUT2D eigenvalue weighted by molar-refractivity contribution is 4.76. The topological polar surface area (TPSA) is 32.7 Å². The summed E-state index contributed by atoms with van der Waals surface area (Å²) in [6.45, 7) is 5.49. The average molecular weight is 173 g/mol. The molecule has 0 saturated carbocycles. The third-order valence-corrected chi connectivity index (χ3v) is 2.44. The Morgan fingerprint density at radius 2 is 2.42 bits per heavy atom. The van der Waals surface area contributed by atoms with E-state index < -0.39 is 0 Å². The van der Waals surface area contributed by atoms with Gasteiger partial charge in [0.25, 0.3) is 0 Å². The van der Waals surface area contributed by atoms with Crippen LogP contribution in [-0.4, -0.2) is 49.5 Å². The second kappa shape index (κ2) is 4.80. The summed E-state index contributed by atoms with van der Waals surface area (Å²) in [4.78, 5) is 2.36. The minimum absolute atomic E-state index is 0.286. The number of hydrogen-bond acceptors (Lipinski definition) is 3. The van der Waals surface area contributed by atoms with Crippen molar-refractivity contribution in [1.29, 1.82) is 0 Å². The smallest absolute Gasteiger partial charge is 0.0710 e. The second-order valence-corrected chi connectivity index (χ2v) is 3.69. The molecular weight excluding hydrogens is 154 g/mol. The summed E-state index contributed by atoms with van der Waals surface area (Å²) in [5.74, 6) is 0.389. The molecule has 0 radical (unpaired) electrons. The molecule has 72 valence electrons. The van der Waals surface area contributed by atoms with Crippen molar-refractivity contribution in [3.8, 4) is 0 Å². The molecule has 2 atom stereocenters. The van der Waals surface area contributed by atoms with E-state index in [0.29, 0.717) is 12.0 Å². The van der Waals surface area contributed by atoms with Gasteiger partial charge in [-0.15, -0.1) is 0 Å². The Hall–Kier alpha value is -0.120. The van der Waals surface area contributed by atoms with Crippen LogP contribution in [0.15, 0.2) is 0 Å². The summed E-state index contributed by atoms with van der Waals surface area (Å²) in [5.41, 5.74) is 0. The molecule has 1 aliphatic heterocycles. The number of methoxy groups -OCH3 is 1. The van der Waals surface area contributed by atoms with Crippen molar-refractivity contribution in [3.63, 3.8) is 0 Å². The molecular formula is C9H19NO2. The lowest BCUT2D eigenvalue weighted by Gasteiger charge is -2.18. The highest BCUT2D eigenvalue weighted by Crippen LogP contribution is 2.13. The molecule has 0 bridgehead atoms. The summed E-state index contributed by atoms with van der Waals surface area (Å²) >= 11 is 0. The van der Waals surface area contributed by atoms with E-state index in [0.717, 1.165) is 26.1 Å². The molecule has 1 heterocycles. The monoisotopic (exact) mass is 173 g/mol. The molecule has 2 unspecified atom stereocenters. The lowest BCUT2D eigenvalue weighted by Crippen LogP contribution is -2.29. The van der Waals surface area contributed by atoms with Gasteiger partial charge >= 0.3 is 0 Å². The summed E-state index contributed by atoms with van der Waals surface area (Å²) in [6.07, 6.45) is 1.55. The first kappa shape index (κ1) is 9.96. The summed E-state index contributed by atoms with van der Waals surface area (Å²) in [5, 5.41) is 8.86. The fraction of sp³-hybridized carbons (Fsp3) is 1.00. The van der Waals surface area contributed by atoms with Gasteiger partial charge in [0.1, 0.15) is 0 Å². The molecule has 0 spiro atoms. The van der Waals surface area contributed by atoms with Crippen LogP contribution in [0, 0.1) is 5.92 Å². The lowest BCUT2D eigenvalue weighted by molar-refractivity contribution is 0.103. The minimum atomic E-state index is 0.286. The number of aliphatic hydroxyl groups excluding tert-OH is 1. The largest absolute Gasteiger partial charge is 0.396 e. The third kappa shape index (κ3) is 2.73. The lowest BCUT2D eigenvalue weighted by atomic mass is 10.2. The molecule has 1 rings (SSSR count). The maximum absolute atomic E-state index is 8.86. The van der Waals surface area contributed by atoms with Gasteiger partial charge in [-0.05, 0) is 12.3 Å². The summed E-state index contributed by atoms with van der Waals surface area (Å²) < 4.78 is 5.25. The molecule has 0 aliphatic carbocycles. The van der Waals surface area contributed by atoms with E-state index in [9.17, 15) is 0 Å². The fourth-order valence-corrected chi connectivity index (χ4v) is 1.65. The van der Waals surface area contributed by atoms with Crippen LogP contribution in [0.25, 0.3) is 0 Å². The number of nitrogens with zero attached hydrogens (tertiary/aromatic N) is 1. The summed E-state index contributed by atoms with van der Waals surface area (Å²) in [7, 11) is 1.77. The molecule has 0 aromatic heterocycles. The number of ether oxygens (including phenoxy) is 1. The highest BCUT2D eigenvalue weighted by Gasteiger charge is 2.22. The zero-order chi connectivity index (χ0) is 8.97. The van der Waals surface area contributed by atoms with Gasteiger partial charge in [-0.3, -0.25) is 0 Å². The van der Waals surface area contributed by atoms with E-state index in [1.807, 2.05) is 0 Å². The van der Waals surface area contributed by atoms with Crippen molar-refractivity contribution in [1.82, 2.24) is 4.90 Å². The quantitative estimate of drug-likeness (QED) is 0.665. The molecule has 1 saturated heterocycles. The minimum Gasteiger partial charge on any atom is -0.396 e. The van der Waals surface area contributed by atoms with Gasteiger partial charge in [0.15, 0.2) is 0 Å². The first-order chi connectivity index (χ1) is 5.76. The van der Waals surface area contributed by atoms with Gasteiger partial charge in [-0.25, -0.2) is 0 Å². The zero-order valence-corrected chi connectivity index (χ0v) is 7.99. The third-order valence-electron chi connectivity index (χ3n) is 2.44. The van der Waals surface area contributed by atoms with Crippen LogP contribution in [0.4, 0.5) is 0 Å². The molecule has 0 aromatic rings. The van der Waals surface area contributed by atoms with E-state index in [1.165, 1.54) is 0 Å². The van der Waals surface area contributed by atoms with E-state index in [2.05, 4.69) is 11.8 Å². The van der Waals surface area contributed by atoms with Crippen molar-refractivity contribution in [2.45, 2.75) is 19.4 Å². The molecule has 1 aliphatic rings. The van der Waals surface area contributed by atoms with Gasteiger partial charge in [-0.1, -0.05) is 6.92 Å². The van der Waals surface area contributed by atoms with Crippen molar-refractivity contribution in [2.75, 3.05) is 33.4 Å². The predicted octanol–water partition coefficient (Wildman–Crippen LogP) is 0.336. The molecule has 1 N–H and O–H groups in total. The van der Waals surface area contributed by atoms with Crippen molar-refractivity contribution in [3.05, 3.63) is 0 Å². The normalized spacial score (nSPS) is 27.8. The van der Waals surface area contributed by atoms with E-state index >= 15 is 0 Å². The van der Waals surface area contributed by atoms with Crippen molar-refractivity contribution < 1.29 is 9.84 Å². The van der Waals surface area contributed by atoms with Crippen molar-refractivity contribution >= 4 is 0 Å². The standard InChI is InChI=1S/C9H19NO2/c1-8(7-11)5-10-4-3-9(6-10)12-2/h8-9,11H,3-7H2,1-2H3. The van der Waals surface area contributed by atoms with Gasteiger partial charge in [-0.2, -0.15) is 0 Å². The maximum Gasteiger partial charge on any atom is 0.0710 e. The van der Waals surface area contributed by atoms with Crippen LogP contribution in [0.5, 0.6) is 0 Å². The first-order valence-electron chi connectivity index (χ1n) is 4.62. The highest BCUT2D eigenvalue weighted by atomic mass is 16.5. The molecule has 3 heteroatoms. The van der Waals surface area contributed by atoms with Crippen molar-refractivity contribution in [2.24, 2.45) is 5.92 Å². The molecule has 3 nitrogen and oxygen atoms in total. The molecule has 1 fully saturated rings. The van der Waals surface area contributed by atoms with E-state index in [-0.39, 0.29) is 6.61 Å². The average Bonchev–Trinajstić information content (AvgIpc) is 2.52. The van der Waals surface area contributed by atoms with Crippen LogP contribution < -0.4 is 0 Å². The van der Waals surface area contributed by atoms with Gasteiger partial charge < -0.3 is 14.7 Å². The Morgan fingerprint density at radius 1 is 1.67 bits per heavy atom. The van der Waals surface area contributed by atoms with Crippen LogP contribution in [0.3, 0.4) is 0 Å². The van der Waals surface area contributed by atoms with Crippen LogP contribution in [0.1, 0.15) is 13.3 Å². The first-order valence-corrected chi connectivity index (χ1v) is 4.62. The van der Waals surface area contributed by atoms with Gasteiger partial charge in [0.05, 0.1) is 6.10 Å². The Labute approximate surface area is 74.3 Å². The Morgan fingerprint density at radius 3 is 2.92 bits per heavy atom. The molecule has 12 heavy (non-hydrogen) atoms. The Bertz CT molecular complexity index is 130.